The van der Waals surface area contributed by atoms with Gasteiger partial charge in [-0.05, 0) is 80.0 Å². The van der Waals surface area contributed by atoms with Crippen molar-refractivity contribution in [2.45, 2.75) is 84.3 Å². The smallest absolute Gasteiger partial charge is 0.142 e. The van der Waals surface area contributed by atoms with Crippen molar-refractivity contribution in [3.63, 3.8) is 0 Å². The first kappa shape index (κ1) is 28.7. The summed E-state index contributed by atoms with van der Waals surface area (Å²) in [6, 6.07) is 17.8. The molecular formula is C33H49NOS. The minimum Gasteiger partial charge on any atom is -0.491 e. The molecule has 3 heteroatoms. The largest absolute Gasteiger partial charge is 0.491 e. The van der Waals surface area contributed by atoms with Crippen LogP contribution in [0, 0.1) is 17.8 Å². The lowest BCUT2D eigenvalue weighted by Gasteiger charge is -2.28. The van der Waals surface area contributed by atoms with E-state index in [1.165, 1.54) is 48.9 Å². The highest BCUT2D eigenvalue weighted by molar-refractivity contribution is 7.80. The molecule has 2 aromatic rings. The molecule has 1 unspecified atom stereocenters. The molecule has 0 saturated carbocycles. The van der Waals surface area contributed by atoms with Gasteiger partial charge in [-0.1, -0.05) is 82.7 Å². The number of para-hydroxylation sites is 2. The van der Waals surface area contributed by atoms with E-state index >= 15 is 0 Å². The second kappa shape index (κ2) is 15.4. The number of aryl methyl sites for hydroxylation is 2. The maximum atomic E-state index is 6.33. The molecule has 0 aliphatic carbocycles. The lowest BCUT2D eigenvalue weighted by Crippen LogP contribution is -2.31. The molecule has 0 bridgehead atoms. The second-order valence-electron chi connectivity index (χ2n) is 10.9. The van der Waals surface area contributed by atoms with Crippen LogP contribution in [0.25, 0.3) is 0 Å². The summed E-state index contributed by atoms with van der Waals surface area (Å²) in [6.45, 7) is 12.1. The fraction of sp³-hybridized carbons (Fsp3) is 0.576. The molecule has 198 valence electrons. The van der Waals surface area contributed by atoms with Crippen LogP contribution in [0.15, 0.2) is 60.7 Å². The summed E-state index contributed by atoms with van der Waals surface area (Å²) < 4.78 is 6.33. The quantitative estimate of drug-likeness (QED) is 0.203. The average molecular weight is 508 g/mol. The predicted octanol–water partition coefficient (Wildman–Crippen LogP) is 8.79. The van der Waals surface area contributed by atoms with Crippen molar-refractivity contribution in [2.24, 2.45) is 17.8 Å². The van der Waals surface area contributed by atoms with Crippen molar-refractivity contribution in [1.82, 2.24) is 0 Å². The zero-order valence-corrected chi connectivity index (χ0v) is 24.1. The van der Waals surface area contributed by atoms with Gasteiger partial charge in [0.25, 0.3) is 0 Å². The number of hydrogen-bond acceptors (Lipinski definition) is 3. The topological polar surface area (TPSA) is 12.5 Å². The maximum absolute atomic E-state index is 6.33. The van der Waals surface area contributed by atoms with E-state index in [2.05, 4.69) is 106 Å². The highest BCUT2D eigenvalue weighted by atomic mass is 32.1. The third-order valence-corrected chi connectivity index (χ3v) is 8.50. The fourth-order valence-corrected chi connectivity index (χ4v) is 5.24. The molecule has 0 N–H and O–H groups in total. The molecule has 2 aromatic carbocycles. The Morgan fingerprint density at radius 1 is 1.03 bits per heavy atom. The van der Waals surface area contributed by atoms with Gasteiger partial charge in [0.05, 0.1) is 12.3 Å². The third-order valence-electron chi connectivity index (χ3n) is 7.99. The minimum absolute atomic E-state index is 0.455. The SMILES string of the molecule is CCc1cccc(CCCC2COc3ccccc3N(CC[C@@H](CC)C/C=C/C[C@H](C)[C@@H](C)S)C2)c1. The molecule has 0 aromatic heterocycles. The predicted molar refractivity (Wildman–Crippen MR) is 161 cm³/mol. The second-order valence-corrected chi connectivity index (χ2v) is 11.7. The van der Waals surface area contributed by atoms with Gasteiger partial charge in [-0.2, -0.15) is 12.6 Å². The molecule has 0 fully saturated rings. The fourth-order valence-electron chi connectivity index (χ4n) is 5.12. The molecule has 2 nitrogen and oxygen atoms in total. The number of fused-ring (bicyclic) bond motifs is 1. The van der Waals surface area contributed by atoms with Gasteiger partial charge in [-0.15, -0.1) is 0 Å². The minimum atomic E-state index is 0.455. The Bertz CT molecular complexity index is 923. The monoisotopic (exact) mass is 507 g/mol. The standard InChI is InChI=1S/C33H49NOS/c1-5-28(14-8-7-13-26(3)27(4)36)21-22-34-24-31(25-35-33-20-10-9-19-32(33)34)18-12-17-30-16-11-15-29(6-2)23-30/h7-11,15-16,19-20,23,26-28,31,36H,5-6,12-14,17-18,21-22,24-25H2,1-4H3/b8-7+/t26-,27+,28-,31?/m0/s1. The molecule has 0 radical (unpaired) electrons. The van der Waals surface area contributed by atoms with Gasteiger partial charge in [0.1, 0.15) is 5.75 Å². The van der Waals surface area contributed by atoms with Crippen molar-refractivity contribution >= 4 is 18.3 Å². The number of rotatable bonds is 14. The zero-order valence-electron chi connectivity index (χ0n) is 23.2. The van der Waals surface area contributed by atoms with Gasteiger partial charge >= 0.3 is 0 Å². The van der Waals surface area contributed by atoms with E-state index in [0.717, 1.165) is 50.6 Å². The van der Waals surface area contributed by atoms with Crippen molar-refractivity contribution in [1.29, 1.82) is 0 Å². The summed E-state index contributed by atoms with van der Waals surface area (Å²) >= 11 is 4.58. The summed E-state index contributed by atoms with van der Waals surface area (Å²) in [5, 5.41) is 0.455. The van der Waals surface area contributed by atoms with Crippen LogP contribution in [0.4, 0.5) is 5.69 Å². The molecule has 4 atom stereocenters. The van der Waals surface area contributed by atoms with E-state index in [-0.39, 0.29) is 0 Å². The summed E-state index contributed by atoms with van der Waals surface area (Å²) in [6.07, 6.45) is 14.3. The lowest BCUT2D eigenvalue weighted by atomic mass is 9.95. The van der Waals surface area contributed by atoms with Crippen molar-refractivity contribution < 1.29 is 4.74 Å². The number of hydrogen-bond donors (Lipinski definition) is 1. The van der Waals surface area contributed by atoms with Gasteiger partial charge in [0.2, 0.25) is 0 Å². The molecule has 0 amide bonds. The highest BCUT2D eigenvalue weighted by Gasteiger charge is 2.23. The number of ether oxygens (including phenoxy) is 1. The normalized spacial score (nSPS) is 18.4. The lowest BCUT2D eigenvalue weighted by molar-refractivity contribution is 0.251. The average Bonchev–Trinajstić information content (AvgIpc) is 3.07. The van der Waals surface area contributed by atoms with Crippen LogP contribution in [0.3, 0.4) is 0 Å². The molecule has 36 heavy (non-hydrogen) atoms. The zero-order chi connectivity index (χ0) is 25.8. The van der Waals surface area contributed by atoms with Crippen molar-refractivity contribution in [2.75, 3.05) is 24.6 Å². The summed E-state index contributed by atoms with van der Waals surface area (Å²) in [5.74, 6) is 2.98. The van der Waals surface area contributed by atoms with Crippen LogP contribution in [-0.2, 0) is 12.8 Å². The Labute approximate surface area is 226 Å². The first-order chi connectivity index (χ1) is 17.5. The van der Waals surface area contributed by atoms with E-state index in [0.29, 0.717) is 17.1 Å². The van der Waals surface area contributed by atoms with Gasteiger partial charge < -0.3 is 9.64 Å². The highest BCUT2D eigenvalue weighted by Crippen LogP contribution is 2.33. The Kier molecular flexibility index (Phi) is 12.3. The summed E-state index contributed by atoms with van der Waals surface area (Å²) in [4.78, 5) is 2.61. The van der Waals surface area contributed by atoms with E-state index < -0.39 is 0 Å². The van der Waals surface area contributed by atoms with E-state index in [9.17, 15) is 0 Å². The Morgan fingerprint density at radius 2 is 1.81 bits per heavy atom. The van der Waals surface area contributed by atoms with Crippen molar-refractivity contribution in [3.05, 3.63) is 71.8 Å². The van der Waals surface area contributed by atoms with Crippen LogP contribution in [0.1, 0.15) is 77.3 Å². The number of thiol groups is 1. The van der Waals surface area contributed by atoms with E-state index in [1.54, 1.807) is 0 Å². The number of anilines is 1. The Balaban J connectivity index is 1.55. The van der Waals surface area contributed by atoms with Gasteiger partial charge in [-0.25, -0.2) is 0 Å². The van der Waals surface area contributed by atoms with E-state index in [1.807, 2.05) is 0 Å². The molecule has 0 saturated heterocycles. The van der Waals surface area contributed by atoms with Crippen LogP contribution in [0.2, 0.25) is 0 Å². The van der Waals surface area contributed by atoms with Crippen LogP contribution >= 0.6 is 12.6 Å². The summed E-state index contributed by atoms with van der Waals surface area (Å²) in [5.41, 5.74) is 4.19. The number of benzene rings is 2. The maximum Gasteiger partial charge on any atom is 0.142 e. The number of allylic oxidation sites excluding steroid dienone is 2. The summed E-state index contributed by atoms with van der Waals surface area (Å²) in [7, 11) is 0. The van der Waals surface area contributed by atoms with Crippen LogP contribution in [0.5, 0.6) is 5.75 Å². The number of nitrogens with zero attached hydrogens (tertiary/aromatic N) is 1. The van der Waals surface area contributed by atoms with E-state index in [4.69, 9.17) is 4.74 Å². The Hall–Kier alpha value is -1.87. The first-order valence-electron chi connectivity index (χ1n) is 14.4. The van der Waals surface area contributed by atoms with Crippen LogP contribution < -0.4 is 9.64 Å². The van der Waals surface area contributed by atoms with Crippen LogP contribution in [-0.4, -0.2) is 24.9 Å². The van der Waals surface area contributed by atoms with Crippen molar-refractivity contribution in [3.8, 4) is 5.75 Å². The van der Waals surface area contributed by atoms with Gasteiger partial charge in [-0.3, -0.25) is 0 Å². The first-order valence-corrected chi connectivity index (χ1v) is 14.9. The third kappa shape index (κ3) is 9.21. The molecule has 3 rings (SSSR count). The molecular weight excluding hydrogens is 458 g/mol. The van der Waals surface area contributed by atoms with Gasteiger partial charge in [0.15, 0.2) is 0 Å². The Morgan fingerprint density at radius 3 is 2.58 bits per heavy atom. The van der Waals surface area contributed by atoms with Gasteiger partial charge in [0, 0.05) is 24.3 Å². The molecule has 1 aliphatic heterocycles. The molecule has 0 spiro atoms. The molecule has 1 heterocycles. The molecule has 1 aliphatic rings.